The summed E-state index contributed by atoms with van der Waals surface area (Å²) >= 11 is 0. The lowest BCUT2D eigenvalue weighted by molar-refractivity contribution is 0.897. The molecule has 0 saturated heterocycles. The number of nitrogens with one attached hydrogen (secondary N) is 1. The molecule has 0 radical (unpaired) electrons. The number of aromatic amines is 1. The Morgan fingerprint density at radius 1 is 1.08 bits per heavy atom. The molecule has 0 bridgehead atoms. The topological polar surface area (TPSA) is 80.9 Å². The van der Waals surface area contributed by atoms with E-state index < -0.39 is 0 Å². The molecule has 4 heterocycles. The molecule has 0 aliphatic rings. The molecule has 24 heavy (non-hydrogen) atoms. The summed E-state index contributed by atoms with van der Waals surface area (Å²) in [6.07, 6.45) is 3.31. The minimum absolute atomic E-state index is 0.181. The molecule has 0 aliphatic heterocycles. The number of hydrogen-bond donors (Lipinski definition) is 1. The maximum absolute atomic E-state index is 12.4. The van der Waals surface area contributed by atoms with Crippen molar-refractivity contribution in [3.05, 3.63) is 64.8 Å². The Kier molecular flexibility index (Phi) is 2.44. The van der Waals surface area contributed by atoms with E-state index in [9.17, 15) is 4.79 Å². The Morgan fingerprint density at radius 3 is 2.75 bits per heavy atom. The van der Waals surface area contributed by atoms with Crippen LogP contribution in [0.4, 0.5) is 0 Å². The van der Waals surface area contributed by atoms with Gasteiger partial charge in [0.25, 0.3) is 5.56 Å². The van der Waals surface area contributed by atoms with Gasteiger partial charge < -0.3 is 4.98 Å². The molecule has 116 valence electrons. The van der Waals surface area contributed by atoms with Crippen LogP contribution in [0.5, 0.6) is 0 Å². The molecular weight excluding hydrogens is 304 g/mol. The Labute approximate surface area is 135 Å². The van der Waals surface area contributed by atoms with Gasteiger partial charge in [0.05, 0.1) is 33.9 Å². The van der Waals surface area contributed by atoms with Gasteiger partial charge >= 0.3 is 0 Å². The molecule has 4 aromatic heterocycles. The fourth-order valence-electron chi connectivity index (χ4n) is 3.06. The maximum atomic E-state index is 12.4. The van der Waals surface area contributed by atoms with E-state index in [1.165, 1.54) is 0 Å². The zero-order chi connectivity index (χ0) is 16.3. The van der Waals surface area contributed by atoms with Crippen molar-refractivity contribution in [2.24, 2.45) is 0 Å². The fourth-order valence-corrected chi connectivity index (χ4v) is 3.06. The smallest absolute Gasteiger partial charge is 0.260 e. The Hall–Kier alpha value is -3.48. The lowest BCUT2D eigenvalue weighted by atomic mass is 10.2. The first-order valence-corrected chi connectivity index (χ1v) is 7.53. The number of rotatable bonds is 1. The number of hydrogen-bond acceptors (Lipinski definition) is 4. The molecule has 5 rings (SSSR count). The third kappa shape index (κ3) is 1.66. The summed E-state index contributed by atoms with van der Waals surface area (Å²) in [6, 6.07) is 11.6. The van der Waals surface area contributed by atoms with Crippen molar-refractivity contribution in [3.8, 4) is 5.69 Å². The molecule has 7 nitrogen and oxygen atoms in total. The van der Waals surface area contributed by atoms with Gasteiger partial charge in [0.2, 0.25) is 0 Å². The van der Waals surface area contributed by atoms with E-state index >= 15 is 0 Å². The van der Waals surface area contributed by atoms with Crippen LogP contribution < -0.4 is 5.56 Å². The second-order valence-corrected chi connectivity index (χ2v) is 5.69. The van der Waals surface area contributed by atoms with Crippen molar-refractivity contribution >= 4 is 27.6 Å². The van der Waals surface area contributed by atoms with Crippen molar-refractivity contribution in [2.45, 2.75) is 6.92 Å². The summed E-state index contributed by atoms with van der Waals surface area (Å²) in [5, 5.41) is 10.2. The molecule has 1 aromatic carbocycles. The first-order valence-electron chi connectivity index (χ1n) is 7.53. The van der Waals surface area contributed by atoms with Crippen molar-refractivity contribution < 1.29 is 0 Å². The van der Waals surface area contributed by atoms with Gasteiger partial charge in [-0.3, -0.25) is 4.79 Å². The van der Waals surface area contributed by atoms with Crippen LogP contribution in [0.25, 0.3) is 33.3 Å². The van der Waals surface area contributed by atoms with Crippen LogP contribution in [-0.4, -0.2) is 29.4 Å². The minimum atomic E-state index is -0.181. The van der Waals surface area contributed by atoms with Crippen LogP contribution in [0.1, 0.15) is 5.69 Å². The summed E-state index contributed by atoms with van der Waals surface area (Å²) in [4.78, 5) is 19.7. The largest absolute Gasteiger partial charge is 0.306 e. The second kappa shape index (κ2) is 4.51. The SMILES string of the molecule is Cc1cc2[nH]c(=O)c3cnc4c(cnn4-c4ccccc4)c3n2n1. The standard InChI is InChI=1S/C17H12N6O/c1-10-7-14-20-17(24)13-8-18-16-12(15(13)23(14)21-10)9-19-22(16)11-5-3-2-4-6-11/h2-9H,1H3,(H,20,24). The molecule has 0 saturated carbocycles. The number of aryl methyl sites for hydroxylation is 1. The van der Waals surface area contributed by atoms with Gasteiger partial charge in [-0.2, -0.15) is 10.2 Å². The number of benzene rings is 1. The van der Waals surface area contributed by atoms with Crippen molar-refractivity contribution in [1.82, 2.24) is 29.4 Å². The third-order valence-electron chi connectivity index (χ3n) is 4.10. The lowest BCUT2D eigenvalue weighted by Crippen LogP contribution is -2.11. The summed E-state index contributed by atoms with van der Waals surface area (Å²) in [7, 11) is 0. The fraction of sp³-hybridized carbons (Fsp3) is 0.0588. The number of nitrogens with zero attached hydrogens (tertiary/aromatic N) is 5. The number of H-pyrrole nitrogens is 1. The predicted molar refractivity (Wildman–Crippen MR) is 90.5 cm³/mol. The average molecular weight is 316 g/mol. The normalized spacial score (nSPS) is 11.7. The zero-order valence-corrected chi connectivity index (χ0v) is 12.8. The van der Waals surface area contributed by atoms with E-state index in [1.807, 2.05) is 43.3 Å². The third-order valence-corrected chi connectivity index (χ3v) is 4.10. The lowest BCUT2D eigenvalue weighted by Gasteiger charge is -2.04. The first kappa shape index (κ1) is 13.0. The van der Waals surface area contributed by atoms with E-state index in [-0.39, 0.29) is 5.56 Å². The minimum Gasteiger partial charge on any atom is -0.306 e. The van der Waals surface area contributed by atoms with Gasteiger partial charge in [0.15, 0.2) is 5.65 Å². The van der Waals surface area contributed by atoms with Crippen LogP contribution in [0.15, 0.2) is 53.6 Å². The highest BCUT2D eigenvalue weighted by Crippen LogP contribution is 2.23. The molecule has 1 N–H and O–H groups in total. The van der Waals surface area contributed by atoms with Gasteiger partial charge in [-0.1, -0.05) is 18.2 Å². The number of fused-ring (bicyclic) bond motifs is 5. The van der Waals surface area contributed by atoms with Crippen LogP contribution in [0.3, 0.4) is 0 Å². The highest BCUT2D eigenvalue weighted by molar-refractivity contribution is 6.02. The van der Waals surface area contributed by atoms with E-state index in [2.05, 4.69) is 20.2 Å². The van der Waals surface area contributed by atoms with Crippen molar-refractivity contribution in [2.75, 3.05) is 0 Å². The van der Waals surface area contributed by atoms with Crippen molar-refractivity contribution in [1.29, 1.82) is 0 Å². The van der Waals surface area contributed by atoms with Gasteiger partial charge in [-0.05, 0) is 19.1 Å². The Balaban J connectivity index is 1.98. The molecular formula is C17H12N6O. The molecule has 0 fully saturated rings. The van der Waals surface area contributed by atoms with Crippen LogP contribution in [-0.2, 0) is 0 Å². The molecule has 5 aromatic rings. The maximum Gasteiger partial charge on any atom is 0.260 e. The number of aromatic nitrogens is 6. The quantitative estimate of drug-likeness (QED) is 0.514. The van der Waals surface area contributed by atoms with E-state index in [0.29, 0.717) is 22.2 Å². The molecule has 0 unspecified atom stereocenters. The van der Waals surface area contributed by atoms with Crippen molar-refractivity contribution in [3.63, 3.8) is 0 Å². The second-order valence-electron chi connectivity index (χ2n) is 5.69. The molecule has 7 heteroatoms. The Bertz CT molecular complexity index is 1280. The van der Waals surface area contributed by atoms with Crippen LogP contribution in [0.2, 0.25) is 0 Å². The van der Waals surface area contributed by atoms with E-state index in [4.69, 9.17) is 0 Å². The van der Waals surface area contributed by atoms with Gasteiger partial charge in [-0.25, -0.2) is 14.2 Å². The van der Waals surface area contributed by atoms with Crippen LogP contribution in [0, 0.1) is 6.92 Å². The highest BCUT2D eigenvalue weighted by atomic mass is 16.1. The van der Waals surface area contributed by atoms with Gasteiger partial charge in [0.1, 0.15) is 5.65 Å². The first-order chi connectivity index (χ1) is 11.7. The monoisotopic (exact) mass is 316 g/mol. The summed E-state index contributed by atoms with van der Waals surface area (Å²) < 4.78 is 3.51. The number of para-hydroxylation sites is 1. The summed E-state index contributed by atoms with van der Waals surface area (Å²) in [6.45, 7) is 1.89. The molecule has 0 amide bonds. The zero-order valence-electron chi connectivity index (χ0n) is 12.8. The van der Waals surface area contributed by atoms with Gasteiger partial charge in [-0.15, -0.1) is 0 Å². The Morgan fingerprint density at radius 2 is 1.92 bits per heavy atom. The average Bonchev–Trinajstić information content (AvgIpc) is 3.18. The molecule has 0 atom stereocenters. The summed E-state index contributed by atoms with van der Waals surface area (Å²) in [5.74, 6) is 0. The summed E-state index contributed by atoms with van der Waals surface area (Å²) in [5.41, 5.74) is 3.63. The van der Waals surface area contributed by atoms with E-state index in [1.54, 1.807) is 21.6 Å². The highest BCUT2D eigenvalue weighted by Gasteiger charge is 2.15. The predicted octanol–water partition coefficient (Wildman–Crippen LogP) is 2.22. The molecule has 0 aliphatic carbocycles. The van der Waals surface area contributed by atoms with Gasteiger partial charge in [0, 0.05) is 12.3 Å². The van der Waals surface area contributed by atoms with Crippen LogP contribution >= 0.6 is 0 Å². The number of pyridine rings is 1. The molecule has 0 spiro atoms. The van der Waals surface area contributed by atoms with E-state index in [0.717, 1.165) is 16.8 Å².